The highest BCUT2D eigenvalue weighted by molar-refractivity contribution is 7.89. The molecule has 1 heterocycles. The van der Waals surface area contributed by atoms with Crippen LogP contribution >= 0.6 is 0 Å². The zero-order chi connectivity index (χ0) is 17.4. The lowest BCUT2D eigenvalue weighted by atomic mass is 9.90. The van der Waals surface area contributed by atoms with Gasteiger partial charge in [-0.05, 0) is 43.5 Å². The van der Waals surface area contributed by atoms with Crippen LogP contribution in [0.4, 0.5) is 0 Å². The molecule has 10 heteroatoms. The Bertz CT molecular complexity index is 791. The van der Waals surface area contributed by atoms with E-state index in [0.29, 0.717) is 26.1 Å². The summed E-state index contributed by atoms with van der Waals surface area (Å²) in [7, 11) is -7.59. The van der Waals surface area contributed by atoms with Crippen LogP contribution in [-0.2, 0) is 29.5 Å². The van der Waals surface area contributed by atoms with E-state index < -0.39 is 20.0 Å². The van der Waals surface area contributed by atoms with Gasteiger partial charge in [0.05, 0.1) is 35.2 Å². The predicted molar refractivity (Wildman–Crippen MR) is 85.3 cm³/mol. The molecule has 0 aromatic heterocycles. The first-order valence-corrected chi connectivity index (χ1v) is 10.7. The number of rotatable bonds is 4. The van der Waals surface area contributed by atoms with Crippen molar-refractivity contribution in [3.63, 3.8) is 0 Å². The van der Waals surface area contributed by atoms with Crippen LogP contribution < -0.4 is 9.86 Å². The van der Waals surface area contributed by atoms with Gasteiger partial charge >= 0.3 is 0 Å². The molecule has 1 saturated heterocycles. The Kier molecular flexibility index (Phi) is 4.96. The number of fused-ring (bicyclic) bond motifs is 1. The van der Waals surface area contributed by atoms with E-state index in [0.717, 1.165) is 6.42 Å². The summed E-state index contributed by atoms with van der Waals surface area (Å²) in [6, 6.07) is 4.58. The van der Waals surface area contributed by atoms with Crippen LogP contribution in [0.3, 0.4) is 0 Å². The van der Waals surface area contributed by atoms with E-state index in [4.69, 9.17) is 14.6 Å². The number of benzene rings is 1. The van der Waals surface area contributed by atoms with Crippen LogP contribution in [0.2, 0.25) is 0 Å². The number of sulfonamides is 2. The van der Waals surface area contributed by atoms with Gasteiger partial charge in [0, 0.05) is 6.04 Å². The lowest BCUT2D eigenvalue weighted by molar-refractivity contribution is -0.156. The first-order chi connectivity index (χ1) is 11.3. The summed E-state index contributed by atoms with van der Waals surface area (Å²) < 4.78 is 61.3. The zero-order valence-electron chi connectivity index (χ0n) is 12.9. The average Bonchev–Trinajstić information content (AvgIpc) is 2.54. The number of primary sulfonamides is 1. The highest BCUT2D eigenvalue weighted by Crippen LogP contribution is 2.27. The van der Waals surface area contributed by atoms with E-state index in [1.165, 1.54) is 24.3 Å². The molecule has 2 aliphatic rings. The number of ether oxygens (including phenoxy) is 2. The lowest BCUT2D eigenvalue weighted by Gasteiger charge is -2.38. The van der Waals surface area contributed by atoms with Crippen molar-refractivity contribution in [3.8, 4) is 0 Å². The molecular formula is C14H20N2O6S2. The maximum atomic E-state index is 12.5. The summed E-state index contributed by atoms with van der Waals surface area (Å²) in [5.41, 5.74) is 0. The third-order valence-corrected chi connectivity index (χ3v) is 6.73. The molecule has 134 valence electrons. The van der Waals surface area contributed by atoms with Gasteiger partial charge in [0.1, 0.15) is 0 Å². The summed E-state index contributed by atoms with van der Waals surface area (Å²) >= 11 is 0. The molecule has 3 atom stereocenters. The third kappa shape index (κ3) is 3.95. The molecule has 2 fully saturated rings. The highest BCUT2D eigenvalue weighted by Gasteiger charge is 2.35. The van der Waals surface area contributed by atoms with Gasteiger partial charge in [-0.25, -0.2) is 26.7 Å². The van der Waals surface area contributed by atoms with Gasteiger partial charge in [0.15, 0.2) is 0 Å². The minimum Gasteiger partial charge on any atom is -0.373 e. The topological polar surface area (TPSA) is 125 Å². The van der Waals surface area contributed by atoms with Gasteiger partial charge < -0.3 is 9.47 Å². The molecular weight excluding hydrogens is 356 g/mol. The monoisotopic (exact) mass is 376 g/mol. The number of nitrogens with two attached hydrogens (primary N) is 1. The maximum absolute atomic E-state index is 12.5. The predicted octanol–water partition coefficient (Wildman–Crippen LogP) is -0.0512. The Labute approximate surface area is 141 Å². The van der Waals surface area contributed by atoms with Gasteiger partial charge in [-0.3, -0.25) is 0 Å². The van der Waals surface area contributed by atoms with Crippen LogP contribution in [0.1, 0.15) is 19.3 Å². The van der Waals surface area contributed by atoms with E-state index in [1.54, 1.807) is 0 Å². The number of hydrogen-bond acceptors (Lipinski definition) is 6. The smallest absolute Gasteiger partial charge is 0.240 e. The lowest BCUT2D eigenvalue weighted by Crippen LogP contribution is -2.49. The molecule has 3 rings (SSSR count). The van der Waals surface area contributed by atoms with Crippen molar-refractivity contribution in [2.45, 2.75) is 47.3 Å². The quantitative estimate of drug-likeness (QED) is 0.759. The average molecular weight is 376 g/mol. The minimum absolute atomic E-state index is 0.00200. The van der Waals surface area contributed by atoms with E-state index in [-0.39, 0.29) is 28.0 Å². The molecule has 1 aromatic carbocycles. The fourth-order valence-corrected chi connectivity index (χ4v) is 4.87. The molecule has 8 nitrogen and oxygen atoms in total. The second-order valence-corrected chi connectivity index (χ2v) is 9.24. The Morgan fingerprint density at radius 3 is 2.12 bits per heavy atom. The molecule has 0 spiro atoms. The van der Waals surface area contributed by atoms with E-state index in [2.05, 4.69) is 4.72 Å². The summed E-state index contributed by atoms with van der Waals surface area (Å²) in [6.07, 6.45) is 1.90. The van der Waals surface area contributed by atoms with Crippen LogP contribution in [0.5, 0.6) is 0 Å². The van der Waals surface area contributed by atoms with Crippen LogP contribution in [0.15, 0.2) is 34.1 Å². The Hall–Kier alpha value is -1.04. The van der Waals surface area contributed by atoms with Crippen LogP contribution in [0, 0.1) is 0 Å². The van der Waals surface area contributed by atoms with E-state index in [9.17, 15) is 16.8 Å². The molecule has 1 aliphatic heterocycles. The highest BCUT2D eigenvalue weighted by atomic mass is 32.2. The fraction of sp³-hybridized carbons (Fsp3) is 0.571. The van der Waals surface area contributed by atoms with Gasteiger partial charge in [-0.15, -0.1) is 0 Å². The van der Waals surface area contributed by atoms with Crippen molar-refractivity contribution in [1.29, 1.82) is 0 Å². The van der Waals surface area contributed by atoms with E-state index in [1.807, 2.05) is 0 Å². The first kappa shape index (κ1) is 17.8. The normalized spacial score (nSPS) is 28.3. The molecule has 1 saturated carbocycles. The Morgan fingerprint density at radius 2 is 1.50 bits per heavy atom. The van der Waals surface area contributed by atoms with Crippen molar-refractivity contribution in [2.75, 3.05) is 13.2 Å². The van der Waals surface area contributed by atoms with Gasteiger partial charge in [-0.1, -0.05) is 0 Å². The van der Waals surface area contributed by atoms with Crippen molar-refractivity contribution in [3.05, 3.63) is 24.3 Å². The second-order valence-electron chi connectivity index (χ2n) is 5.97. The largest absolute Gasteiger partial charge is 0.373 e. The van der Waals surface area contributed by atoms with Gasteiger partial charge in [0.25, 0.3) is 0 Å². The molecule has 1 aromatic rings. The van der Waals surface area contributed by atoms with Gasteiger partial charge in [0.2, 0.25) is 20.0 Å². The molecule has 1 aliphatic carbocycles. The number of hydrogen-bond donors (Lipinski definition) is 2. The zero-order valence-corrected chi connectivity index (χ0v) is 14.6. The molecule has 0 radical (unpaired) electrons. The van der Waals surface area contributed by atoms with E-state index >= 15 is 0 Å². The maximum Gasteiger partial charge on any atom is 0.240 e. The van der Waals surface area contributed by atoms with Crippen LogP contribution in [0.25, 0.3) is 0 Å². The van der Waals surface area contributed by atoms with Crippen molar-refractivity contribution in [1.82, 2.24) is 4.72 Å². The molecule has 0 bridgehead atoms. The second kappa shape index (κ2) is 6.70. The van der Waals surface area contributed by atoms with Gasteiger partial charge in [-0.2, -0.15) is 0 Å². The molecule has 0 amide bonds. The summed E-state index contributed by atoms with van der Waals surface area (Å²) in [6.45, 7) is 1.10. The molecule has 3 N–H and O–H groups in total. The van der Waals surface area contributed by atoms with Crippen molar-refractivity contribution in [2.24, 2.45) is 5.14 Å². The summed E-state index contributed by atoms with van der Waals surface area (Å²) in [4.78, 5) is -0.132. The summed E-state index contributed by atoms with van der Waals surface area (Å²) in [5.74, 6) is 0. The Balaban J connectivity index is 1.70. The first-order valence-electron chi connectivity index (χ1n) is 7.64. The van der Waals surface area contributed by atoms with Crippen LogP contribution in [-0.4, -0.2) is 48.3 Å². The summed E-state index contributed by atoms with van der Waals surface area (Å²) in [5, 5.41) is 5.01. The van der Waals surface area contributed by atoms with Crippen molar-refractivity contribution >= 4 is 20.0 Å². The SMILES string of the molecule is NS(=O)(=O)c1ccc(S(=O)(=O)NC2CCC3OCCOC3C2)cc1. The number of nitrogens with one attached hydrogen (secondary N) is 1. The molecule has 3 unspecified atom stereocenters. The van der Waals surface area contributed by atoms with Crippen molar-refractivity contribution < 1.29 is 26.3 Å². The Morgan fingerprint density at radius 1 is 0.917 bits per heavy atom. The fourth-order valence-electron chi connectivity index (χ4n) is 3.07. The third-order valence-electron chi connectivity index (χ3n) is 4.26. The molecule has 24 heavy (non-hydrogen) atoms. The standard InChI is InChI=1S/C14H20N2O6S2/c15-23(17,18)11-2-4-12(5-3-11)24(19,20)16-10-1-6-13-14(9-10)22-8-7-21-13/h2-5,10,13-14,16H,1,6-9H2,(H2,15,17,18). The minimum atomic E-state index is -3.85.